The minimum absolute atomic E-state index is 0.144. The van der Waals surface area contributed by atoms with Crippen LogP contribution in [-0.4, -0.2) is 17.1 Å². The van der Waals surface area contributed by atoms with Crippen LogP contribution in [-0.2, 0) is 11.4 Å². The van der Waals surface area contributed by atoms with Gasteiger partial charge in [-0.05, 0) is 31.9 Å². The van der Waals surface area contributed by atoms with E-state index in [4.69, 9.17) is 7.85 Å². The number of nitrogens with one attached hydrogen (secondary N) is 1. The van der Waals surface area contributed by atoms with Gasteiger partial charge in [-0.3, -0.25) is 0 Å². The van der Waals surface area contributed by atoms with Crippen LogP contribution in [0.25, 0.3) is 0 Å². The van der Waals surface area contributed by atoms with Gasteiger partial charge in [-0.15, -0.1) is 4.72 Å². The second-order valence-corrected chi connectivity index (χ2v) is 8.01. The molecule has 0 saturated heterocycles. The van der Waals surface area contributed by atoms with Crippen molar-refractivity contribution < 1.29 is 4.55 Å². The highest BCUT2D eigenvalue weighted by molar-refractivity contribution is 7.90. The van der Waals surface area contributed by atoms with E-state index in [0.717, 1.165) is 11.1 Å². The molecule has 0 bridgehead atoms. The molecule has 0 aliphatic carbocycles. The third-order valence-electron chi connectivity index (χ3n) is 3.16. The average Bonchev–Trinajstić information content (AvgIpc) is 2.44. The number of hydrogen-bond acceptors (Lipinski definition) is 2. The van der Waals surface area contributed by atoms with Gasteiger partial charge in [0.15, 0.2) is 0 Å². The van der Waals surface area contributed by atoms with E-state index in [2.05, 4.69) is 4.72 Å². The normalized spacial score (nSPS) is 14.7. The minimum Gasteiger partial charge on any atom is -0.598 e. The topological polar surface area (TPSA) is 35.1 Å². The first-order valence-corrected chi connectivity index (χ1v) is 8.11. The maximum atomic E-state index is 12.5. The largest absolute Gasteiger partial charge is 0.598 e. The summed E-state index contributed by atoms with van der Waals surface area (Å²) in [7, 11) is 5.89. The molecule has 0 aliphatic rings. The van der Waals surface area contributed by atoms with Crippen LogP contribution in [0.3, 0.4) is 0 Å². The van der Waals surface area contributed by atoms with E-state index in [1.807, 2.05) is 75.4 Å². The molecular weight excluding hydrogens is 277 g/mol. The van der Waals surface area contributed by atoms with Crippen LogP contribution in [0.1, 0.15) is 37.9 Å². The molecule has 1 N–H and O–H groups in total. The molecule has 4 heteroatoms. The molecule has 0 heterocycles. The summed E-state index contributed by atoms with van der Waals surface area (Å²) in [5.41, 5.74) is 2.79. The molecule has 2 rings (SSSR count). The molecule has 0 aromatic heterocycles. The van der Waals surface area contributed by atoms with Gasteiger partial charge in [0.05, 0.1) is 0 Å². The van der Waals surface area contributed by atoms with Crippen molar-refractivity contribution in [1.29, 1.82) is 0 Å². The molecular formula is C17H20BNOS. The maximum absolute atomic E-state index is 12.5. The van der Waals surface area contributed by atoms with Gasteiger partial charge in [0.2, 0.25) is 0 Å². The Balaban J connectivity index is 2.36. The first-order chi connectivity index (χ1) is 9.88. The molecule has 0 spiro atoms. The third kappa shape index (κ3) is 4.37. The minimum atomic E-state index is -1.17. The van der Waals surface area contributed by atoms with Crippen LogP contribution in [0.5, 0.6) is 0 Å². The van der Waals surface area contributed by atoms with E-state index in [0.29, 0.717) is 5.46 Å². The highest BCUT2D eigenvalue weighted by Gasteiger charge is 2.30. The molecule has 0 saturated carbocycles. The van der Waals surface area contributed by atoms with E-state index in [1.54, 1.807) is 0 Å². The van der Waals surface area contributed by atoms with Crippen LogP contribution in [0.2, 0.25) is 0 Å². The fraction of sp³-hybridized carbons (Fsp3) is 0.294. The number of hydrogen-bond donors (Lipinski definition) is 1. The monoisotopic (exact) mass is 297 g/mol. The van der Waals surface area contributed by atoms with Crippen molar-refractivity contribution in [2.75, 3.05) is 0 Å². The van der Waals surface area contributed by atoms with Crippen molar-refractivity contribution in [2.24, 2.45) is 0 Å². The standard InChI is InChI=1S/C17H20BNOS/c1-17(2,3)21(20)19-16(13-8-5-4-6-9-13)14-10-7-11-15(18)12-14/h4-12,16,19H,1-3H3/t16-,21?/m1/s1. The van der Waals surface area contributed by atoms with Gasteiger partial charge in [-0.1, -0.05) is 60.1 Å². The lowest BCUT2D eigenvalue weighted by Crippen LogP contribution is -2.41. The Morgan fingerprint density at radius 2 is 1.62 bits per heavy atom. The fourth-order valence-electron chi connectivity index (χ4n) is 2.00. The molecule has 2 aromatic rings. The van der Waals surface area contributed by atoms with Crippen molar-refractivity contribution >= 4 is 24.7 Å². The van der Waals surface area contributed by atoms with E-state index in [9.17, 15) is 4.55 Å². The van der Waals surface area contributed by atoms with Crippen LogP contribution in [0.15, 0.2) is 54.6 Å². The molecule has 2 radical (unpaired) electrons. The van der Waals surface area contributed by atoms with Crippen molar-refractivity contribution in [2.45, 2.75) is 31.6 Å². The quantitative estimate of drug-likeness (QED) is 0.695. The van der Waals surface area contributed by atoms with Crippen molar-refractivity contribution in [3.8, 4) is 0 Å². The van der Waals surface area contributed by atoms with Gasteiger partial charge >= 0.3 is 0 Å². The summed E-state index contributed by atoms with van der Waals surface area (Å²) < 4.78 is 15.4. The highest BCUT2D eigenvalue weighted by Crippen LogP contribution is 2.25. The summed E-state index contributed by atoms with van der Waals surface area (Å²) >= 11 is -1.17. The maximum Gasteiger partial charge on any atom is 0.136 e. The molecule has 0 aliphatic heterocycles. The smallest absolute Gasteiger partial charge is 0.136 e. The molecule has 2 atom stereocenters. The Labute approximate surface area is 131 Å². The predicted molar refractivity (Wildman–Crippen MR) is 91.1 cm³/mol. The van der Waals surface area contributed by atoms with Crippen molar-refractivity contribution in [3.05, 3.63) is 65.7 Å². The van der Waals surface area contributed by atoms with E-state index in [1.165, 1.54) is 0 Å². The summed E-state index contributed by atoms with van der Waals surface area (Å²) in [5, 5.41) is 0. The van der Waals surface area contributed by atoms with Gasteiger partial charge in [-0.2, -0.15) is 0 Å². The number of rotatable bonds is 4. The van der Waals surface area contributed by atoms with Crippen molar-refractivity contribution in [3.63, 3.8) is 0 Å². The highest BCUT2D eigenvalue weighted by atomic mass is 32.2. The van der Waals surface area contributed by atoms with E-state index in [-0.39, 0.29) is 10.8 Å². The fourth-order valence-corrected chi connectivity index (χ4v) is 2.84. The molecule has 108 valence electrons. The SMILES string of the molecule is [B]c1cccc([C@H](N[S+]([O-])C(C)(C)C)c2ccccc2)c1. The second kappa shape index (κ2) is 6.69. The van der Waals surface area contributed by atoms with Crippen LogP contribution in [0, 0.1) is 0 Å². The molecule has 2 aromatic carbocycles. The van der Waals surface area contributed by atoms with Gasteiger partial charge in [0.1, 0.15) is 18.6 Å². The first kappa shape index (κ1) is 16.2. The zero-order valence-electron chi connectivity index (χ0n) is 12.7. The lowest BCUT2D eigenvalue weighted by molar-refractivity contribution is 0.536. The Morgan fingerprint density at radius 3 is 2.19 bits per heavy atom. The zero-order valence-corrected chi connectivity index (χ0v) is 13.5. The number of benzene rings is 2. The summed E-state index contributed by atoms with van der Waals surface area (Å²) in [6, 6.07) is 17.5. The van der Waals surface area contributed by atoms with Gasteiger partial charge in [0.25, 0.3) is 0 Å². The Bertz CT molecular complexity index is 583. The molecule has 0 amide bonds. The van der Waals surface area contributed by atoms with Crippen LogP contribution in [0.4, 0.5) is 0 Å². The van der Waals surface area contributed by atoms with Gasteiger partial charge < -0.3 is 4.55 Å². The van der Waals surface area contributed by atoms with Gasteiger partial charge in [-0.25, -0.2) is 0 Å². The molecule has 1 unspecified atom stereocenters. The van der Waals surface area contributed by atoms with E-state index >= 15 is 0 Å². The van der Waals surface area contributed by atoms with Crippen LogP contribution < -0.4 is 10.2 Å². The second-order valence-electron chi connectivity index (χ2n) is 6.01. The lowest BCUT2D eigenvalue weighted by Gasteiger charge is -2.28. The first-order valence-electron chi connectivity index (χ1n) is 6.96. The Hall–Kier alpha value is -1.23. The summed E-state index contributed by atoms with van der Waals surface area (Å²) in [5.74, 6) is 0. The summed E-state index contributed by atoms with van der Waals surface area (Å²) in [4.78, 5) is 0. The predicted octanol–water partition coefficient (Wildman–Crippen LogP) is 2.62. The zero-order chi connectivity index (χ0) is 15.5. The Morgan fingerprint density at radius 1 is 1.00 bits per heavy atom. The molecule has 2 nitrogen and oxygen atoms in total. The van der Waals surface area contributed by atoms with Gasteiger partial charge in [0, 0.05) is 11.4 Å². The van der Waals surface area contributed by atoms with Crippen molar-refractivity contribution in [1.82, 2.24) is 4.72 Å². The Kier molecular flexibility index (Phi) is 5.15. The molecule has 21 heavy (non-hydrogen) atoms. The average molecular weight is 297 g/mol. The summed E-state index contributed by atoms with van der Waals surface area (Å²) in [6.07, 6.45) is 0. The third-order valence-corrected chi connectivity index (χ3v) is 4.72. The van der Waals surface area contributed by atoms with E-state index < -0.39 is 11.4 Å². The van der Waals surface area contributed by atoms with Crippen LogP contribution >= 0.6 is 0 Å². The lowest BCUT2D eigenvalue weighted by atomic mass is 9.91. The molecule has 0 fully saturated rings. The summed E-state index contributed by atoms with van der Waals surface area (Å²) in [6.45, 7) is 5.87.